The number of unbranched alkanes of at least 4 members (excludes halogenated alkanes) is 1. The quantitative estimate of drug-likeness (QED) is 0.467. The van der Waals surface area contributed by atoms with Crippen molar-refractivity contribution < 1.29 is 0 Å². The summed E-state index contributed by atoms with van der Waals surface area (Å²) in [6, 6.07) is 11.7. The molecule has 0 saturated carbocycles. The maximum Gasteiger partial charge on any atom is 0.156 e. The summed E-state index contributed by atoms with van der Waals surface area (Å²) in [4.78, 5) is 4.30. The minimum absolute atomic E-state index is 0.382. The summed E-state index contributed by atoms with van der Waals surface area (Å²) in [5.41, 5.74) is 1.89. The van der Waals surface area contributed by atoms with E-state index in [1.807, 2.05) is 30.3 Å². The molecule has 88 valence electrons. The van der Waals surface area contributed by atoms with Gasteiger partial charge in [0.2, 0.25) is 0 Å². The van der Waals surface area contributed by atoms with Gasteiger partial charge in [0.15, 0.2) is 5.69 Å². The Kier molecular flexibility index (Phi) is 4.18. The molecule has 0 aliphatic carbocycles. The summed E-state index contributed by atoms with van der Waals surface area (Å²) in [6.07, 6.45) is 1.60. The second-order valence-electron chi connectivity index (χ2n) is 3.78. The highest BCUT2D eigenvalue weighted by molar-refractivity contribution is 6.17. The summed E-state index contributed by atoms with van der Waals surface area (Å²) in [5.74, 6) is 6.62. The van der Waals surface area contributed by atoms with Crippen molar-refractivity contribution in [1.82, 2.24) is 4.98 Å². The number of nitrogens with zero attached hydrogens (tertiary/aromatic N) is 2. The Bertz CT molecular complexity index is 659. The van der Waals surface area contributed by atoms with Crippen molar-refractivity contribution in [3.05, 3.63) is 41.6 Å². The molecule has 2 nitrogen and oxygen atoms in total. The molecule has 0 atom stereocenters. The van der Waals surface area contributed by atoms with Crippen molar-refractivity contribution in [2.45, 2.75) is 12.8 Å². The molecule has 0 aliphatic heterocycles. The number of aromatic nitrogens is 1. The number of halogens is 1. The lowest BCUT2D eigenvalue weighted by Crippen LogP contribution is -1.90. The predicted octanol–water partition coefficient (Wildman–Crippen LogP) is 3.48. The van der Waals surface area contributed by atoms with Crippen LogP contribution in [0.5, 0.6) is 0 Å². The average Bonchev–Trinajstić information content (AvgIpc) is 2.42. The van der Waals surface area contributed by atoms with E-state index < -0.39 is 0 Å². The summed E-state index contributed by atoms with van der Waals surface area (Å²) < 4.78 is 0. The molecule has 0 saturated heterocycles. The van der Waals surface area contributed by atoms with Gasteiger partial charge in [-0.3, -0.25) is 0 Å². The van der Waals surface area contributed by atoms with Gasteiger partial charge in [-0.1, -0.05) is 30.0 Å². The van der Waals surface area contributed by atoms with Crippen LogP contribution in [0.3, 0.4) is 0 Å². The number of benzene rings is 1. The fourth-order valence-electron chi connectivity index (χ4n) is 1.61. The highest BCUT2D eigenvalue weighted by Crippen LogP contribution is 2.15. The van der Waals surface area contributed by atoms with Crippen molar-refractivity contribution >= 4 is 22.5 Å². The number of hydrogen-bond acceptors (Lipinski definition) is 2. The third kappa shape index (κ3) is 2.80. The molecule has 0 unspecified atom stereocenters. The normalized spacial score (nSPS) is 9.56. The number of hydrogen-bond donors (Lipinski definition) is 0. The third-order valence-corrected chi connectivity index (χ3v) is 2.76. The van der Waals surface area contributed by atoms with E-state index in [0.717, 1.165) is 23.7 Å². The van der Waals surface area contributed by atoms with E-state index in [-0.39, 0.29) is 0 Å². The summed E-state index contributed by atoms with van der Waals surface area (Å²) in [5, 5.41) is 10.1. The van der Waals surface area contributed by atoms with Crippen LogP contribution in [0, 0.1) is 23.2 Å². The molecular formula is C15H11ClN2. The van der Waals surface area contributed by atoms with E-state index >= 15 is 0 Å². The molecule has 18 heavy (non-hydrogen) atoms. The van der Waals surface area contributed by atoms with E-state index in [4.69, 9.17) is 16.9 Å². The Balaban J connectivity index is 2.42. The number of rotatable bonds is 2. The smallest absolute Gasteiger partial charge is 0.156 e. The Morgan fingerprint density at radius 1 is 1.28 bits per heavy atom. The van der Waals surface area contributed by atoms with E-state index in [1.54, 1.807) is 0 Å². The Morgan fingerprint density at radius 3 is 2.89 bits per heavy atom. The lowest BCUT2D eigenvalue weighted by Gasteiger charge is -1.99. The highest BCUT2D eigenvalue weighted by Gasteiger charge is 2.03. The van der Waals surface area contributed by atoms with Crippen molar-refractivity contribution in [2.24, 2.45) is 0 Å². The number of fused-ring (bicyclic) bond motifs is 1. The van der Waals surface area contributed by atoms with Crippen molar-refractivity contribution in [2.75, 3.05) is 5.88 Å². The Morgan fingerprint density at radius 2 is 2.11 bits per heavy atom. The highest BCUT2D eigenvalue weighted by atomic mass is 35.5. The van der Waals surface area contributed by atoms with Gasteiger partial charge in [0.05, 0.1) is 11.1 Å². The molecule has 0 N–H and O–H groups in total. The van der Waals surface area contributed by atoms with Gasteiger partial charge >= 0.3 is 0 Å². The number of nitriles is 1. The van der Waals surface area contributed by atoms with Gasteiger partial charge in [-0.25, -0.2) is 4.98 Å². The van der Waals surface area contributed by atoms with Crippen LogP contribution in [0.1, 0.15) is 24.1 Å². The number of alkyl halides is 1. The van der Waals surface area contributed by atoms with Crippen molar-refractivity contribution in [3.63, 3.8) is 0 Å². The average molecular weight is 255 g/mol. The molecule has 0 spiro atoms. The van der Waals surface area contributed by atoms with Gasteiger partial charge in [0.25, 0.3) is 0 Å². The molecule has 2 rings (SSSR count). The number of para-hydroxylation sites is 1. The fraction of sp³-hybridized carbons (Fsp3) is 0.200. The topological polar surface area (TPSA) is 36.7 Å². The number of pyridine rings is 1. The standard InChI is InChI=1S/C15H11ClN2/c16-9-5-1-2-6-13-10-12-7-3-4-8-14(12)18-15(13)11-17/h3-4,7-8,10H,1,5,9H2. The summed E-state index contributed by atoms with van der Waals surface area (Å²) in [6.45, 7) is 0. The molecule has 1 aromatic carbocycles. The molecule has 3 heteroatoms. The van der Waals surface area contributed by atoms with Gasteiger partial charge in [0.1, 0.15) is 6.07 Å². The van der Waals surface area contributed by atoms with E-state index in [1.165, 1.54) is 0 Å². The van der Waals surface area contributed by atoms with E-state index in [9.17, 15) is 0 Å². The zero-order chi connectivity index (χ0) is 12.8. The first-order chi connectivity index (χ1) is 8.85. The molecule has 0 bridgehead atoms. The monoisotopic (exact) mass is 254 g/mol. The van der Waals surface area contributed by atoms with E-state index in [2.05, 4.69) is 22.9 Å². The van der Waals surface area contributed by atoms with Crippen LogP contribution in [0.4, 0.5) is 0 Å². The third-order valence-electron chi connectivity index (χ3n) is 2.49. The lowest BCUT2D eigenvalue weighted by atomic mass is 10.1. The van der Waals surface area contributed by atoms with Crippen molar-refractivity contribution in [1.29, 1.82) is 5.26 Å². The van der Waals surface area contributed by atoms with Gasteiger partial charge in [-0.2, -0.15) is 5.26 Å². The van der Waals surface area contributed by atoms with Crippen LogP contribution in [0.2, 0.25) is 0 Å². The molecule has 0 aliphatic rings. The van der Waals surface area contributed by atoms with Crippen LogP contribution in [-0.4, -0.2) is 10.9 Å². The van der Waals surface area contributed by atoms with Gasteiger partial charge in [0, 0.05) is 17.7 Å². The van der Waals surface area contributed by atoms with Gasteiger partial charge in [-0.05, 0) is 18.6 Å². The molecule has 0 radical (unpaired) electrons. The summed E-state index contributed by atoms with van der Waals surface area (Å²) in [7, 11) is 0. The lowest BCUT2D eigenvalue weighted by molar-refractivity contribution is 0.991. The van der Waals surface area contributed by atoms with Gasteiger partial charge in [-0.15, -0.1) is 11.6 Å². The molecule has 1 heterocycles. The zero-order valence-electron chi connectivity index (χ0n) is 9.78. The predicted molar refractivity (Wildman–Crippen MR) is 73.3 cm³/mol. The SMILES string of the molecule is N#Cc1nc2ccccc2cc1C#CCCCCl. The Hall–Kier alpha value is -2.03. The Labute approximate surface area is 111 Å². The maximum absolute atomic E-state index is 9.08. The zero-order valence-corrected chi connectivity index (χ0v) is 10.5. The first-order valence-electron chi connectivity index (χ1n) is 5.70. The summed E-state index contributed by atoms with van der Waals surface area (Å²) >= 11 is 5.59. The minimum Gasteiger partial charge on any atom is -0.236 e. The fourth-order valence-corrected chi connectivity index (χ4v) is 1.74. The molecule has 0 fully saturated rings. The molecule has 0 amide bonds. The van der Waals surface area contributed by atoms with Gasteiger partial charge < -0.3 is 0 Å². The van der Waals surface area contributed by atoms with Crippen LogP contribution in [-0.2, 0) is 0 Å². The van der Waals surface area contributed by atoms with Crippen molar-refractivity contribution in [3.8, 4) is 17.9 Å². The first-order valence-corrected chi connectivity index (χ1v) is 6.23. The van der Waals surface area contributed by atoms with E-state index in [0.29, 0.717) is 17.1 Å². The second-order valence-corrected chi connectivity index (χ2v) is 4.16. The molecular weight excluding hydrogens is 244 g/mol. The maximum atomic E-state index is 9.08. The first kappa shape index (κ1) is 12.4. The second kappa shape index (κ2) is 6.05. The van der Waals surface area contributed by atoms with Crippen LogP contribution in [0.25, 0.3) is 10.9 Å². The molecule has 1 aromatic heterocycles. The van der Waals surface area contributed by atoms with Crippen LogP contribution >= 0.6 is 11.6 Å². The largest absolute Gasteiger partial charge is 0.236 e. The minimum atomic E-state index is 0.382. The van der Waals surface area contributed by atoms with Crippen LogP contribution < -0.4 is 0 Å². The van der Waals surface area contributed by atoms with Crippen LogP contribution in [0.15, 0.2) is 30.3 Å². The molecule has 2 aromatic rings.